The maximum atomic E-state index is 13.3. The molecule has 0 aliphatic heterocycles. The molecule has 0 saturated heterocycles. The van der Waals surface area contributed by atoms with Crippen LogP contribution >= 0.6 is 11.6 Å². The Hall–Kier alpha value is -3.60. The molecule has 0 spiro atoms. The molecule has 0 unspecified atom stereocenters. The molecule has 186 valence electrons. The van der Waals surface area contributed by atoms with Crippen molar-refractivity contribution < 1.29 is 27.5 Å². The van der Waals surface area contributed by atoms with Crippen LogP contribution in [-0.2, 0) is 0 Å². The third-order valence-corrected chi connectivity index (χ3v) is 4.91. The van der Waals surface area contributed by atoms with Gasteiger partial charge in [0.05, 0.1) is 11.3 Å². The van der Waals surface area contributed by atoms with E-state index in [4.69, 9.17) is 16.3 Å². The average molecular weight is 510 g/mol. The maximum absolute atomic E-state index is 13.3. The molecule has 0 fully saturated rings. The van der Waals surface area contributed by atoms with E-state index < -0.39 is 30.5 Å². The van der Waals surface area contributed by atoms with Crippen molar-refractivity contribution in [2.45, 2.75) is 39.9 Å². The third-order valence-electron chi connectivity index (χ3n) is 4.69. The van der Waals surface area contributed by atoms with Gasteiger partial charge in [0, 0.05) is 23.3 Å². The highest BCUT2D eigenvalue weighted by Gasteiger charge is 2.30. The molecule has 0 aliphatic rings. The number of amides is 2. The number of anilines is 1. The number of carbonyl (C=O) groups excluding carboxylic acids is 2. The summed E-state index contributed by atoms with van der Waals surface area (Å²) in [5, 5.41) is 9.72. The van der Waals surface area contributed by atoms with Crippen LogP contribution in [0.2, 0.25) is 5.02 Å². The fourth-order valence-corrected chi connectivity index (χ4v) is 3.49. The Morgan fingerprint density at radius 1 is 1.14 bits per heavy atom. The summed E-state index contributed by atoms with van der Waals surface area (Å²) in [7, 11) is 0. The van der Waals surface area contributed by atoms with Crippen molar-refractivity contribution in [3.05, 3.63) is 63.9 Å². The molecule has 2 aromatic heterocycles. The normalized spacial score (nSPS) is 11.5. The van der Waals surface area contributed by atoms with E-state index in [9.17, 15) is 22.8 Å². The van der Waals surface area contributed by atoms with Gasteiger partial charge in [0.1, 0.15) is 5.69 Å². The molecular formula is C23H23ClF3N5O3. The van der Waals surface area contributed by atoms with Gasteiger partial charge in [0.2, 0.25) is 5.88 Å². The summed E-state index contributed by atoms with van der Waals surface area (Å²) in [4.78, 5) is 30.3. The van der Waals surface area contributed by atoms with Gasteiger partial charge >= 0.3 is 6.18 Å². The van der Waals surface area contributed by atoms with Crippen molar-refractivity contribution in [1.29, 1.82) is 0 Å². The van der Waals surface area contributed by atoms with Gasteiger partial charge in [-0.2, -0.15) is 13.2 Å². The number of benzene rings is 1. The molecule has 3 aromatic rings. The molecule has 2 N–H and O–H groups in total. The minimum atomic E-state index is -4.59. The number of carbonyl (C=O) groups is 2. The fraction of sp³-hybridized carbons (Fsp3) is 0.304. The first-order valence-electron chi connectivity index (χ1n) is 10.5. The number of pyridine rings is 1. The summed E-state index contributed by atoms with van der Waals surface area (Å²) in [6.07, 6.45) is -3.13. The van der Waals surface area contributed by atoms with Crippen LogP contribution in [0.3, 0.4) is 0 Å². The Balaban J connectivity index is 2.04. The number of aromatic nitrogens is 3. The number of nitrogens with zero attached hydrogens (tertiary/aromatic N) is 3. The summed E-state index contributed by atoms with van der Waals surface area (Å²) in [5.74, 6) is -1.38. The first-order chi connectivity index (χ1) is 16.4. The van der Waals surface area contributed by atoms with Gasteiger partial charge in [-0.05, 0) is 57.0 Å². The molecule has 0 atom stereocenters. The predicted molar refractivity (Wildman–Crippen MR) is 124 cm³/mol. The van der Waals surface area contributed by atoms with Crippen LogP contribution in [0.4, 0.5) is 18.9 Å². The number of halogens is 4. The monoisotopic (exact) mass is 509 g/mol. The lowest BCUT2D eigenvalue weighted by atomic mass is 10.1. The number of ether oxygens (including phenoxy) is 1. The van der Waals surface area contributed by atoms with E-state index in [1.54, 1.807) is 45.9 Å². The molecule has 2 heterocycles. The number of alkyl halides is 3. The van der Waals surface area contributed by atoms with E-state index in [0.29, 0.717) is 16.1 Å². The van der Waals surface area contributed by atoms with E-state index in [0.717, 1.165) is 10.7 Å². The predicted octanol–water partition coefficient (Wildman–Crippen LogP) is 4.87. The smallest absolute Gasteiger partial charge is 0.422 e. The van der Waals surface area contributed by atoms with Crippen LogP contribution in [0.25, 0.3) is 5.82 Å². The van der Waals surface area contributed by atoms with E-state index in [1.807, 2.05) is 0 Å². The van der Waals surface area contributed by atoms with Crippen molar-refractivity contribution in [2.24, 2.45) is 0 Å². The summed E-state index contributed by atoms with van der Waals surface area (Å²) in [6.45, 7) is 5.35. The van der Waals surface area contributed by atoms with E-state index in [2.05, 4.69) is 20.7 Å². The quantitative estimate of drug-likeness (QED) is 0.473. The lowest BCUT2D eigenvalue weighted by Gasteiger charge is -2.16. The third kappa shape index (κ3) is 6.50. The Kier molecular flexibility index (Phi) is 7.69. The van der Waals surface area contributed by atoms with Crippen molar-refractivity contribution in [3.63, 3.8) is 0 Å². The zero-order valence-electron chi connectivity index (χ0n) is 19.3. The highest BCUT2D eigenvalue weighted by atomic mass is 35.5. The number of hydrogen-bond donors (Lipinski definition) is 2. The zero-order chi connectivity index (χ0) is 25.9. The Labute approximate surface area is 204 Å². The molecule has 35 heavy (non-hydrogen) atoms. The van der Waals surface area contributed by atoms with Crippen molar-refractivity contribution in [3.8, 4) is 11.7 Å². The fourth-order valence-electron chi connectivity index (χ4n) is 3.21. The summed E-state index contributed by atoms with van der Waals surface area (Å²) in [6, 6.07) is 7.27. The van der Waals surface area contributed by atoms with Crippen LogP contribution in [0, 0.1) is 13.8 Å². The van der Waals surface area contributed by atoms with Gasteiger partial charge in [0.25, 0.3) is 11.8 Å². The van der Waals surface area contributed by atoms with E-state index in [-0.39, 0.29) is 28.8 Å². The van der Waals surface area contributed by atoms with Gasteiger partial charge in [-0.3, -0.25) is 9.59 Å². The Morgan fingerprint density at radius 3 is 2.49 bits per heavy atom. The van der Waals surface area contributed by atoms with Gasteiger partial charge in [-0.25, -0.2) is 9.67 Å². The summed E-state index contributed by atoms with van der Waals surface area (Å²) >= 11 is 6.13. The standard InChI is InChI=1S/C23H23ClF3N5O3/c1-12(2)29-21(33)16-9-15(24)8-14(4)19(16)30-22(34)17-10-18(35-11-23(25,26)27)31-32(17)20-13(3)6-5-7-28-20/h5-10,12H,11H2,1-4H3,(H,29,33)(H,30,34). The van der Waals surface area contributed by atoms with Gasteiger partial charge < -0.3 is 15.4 Å². The summed E-state index contributed by atoms with van der Waals surface area (Å²) in [5.41, 5.74) is 1.31. The minimum absolute atomic E-state index is 0.130. The first kappa shape index (κ1) is 26.0. The van der Waals surface area contributed by atoms with Crippen LogP contribution < -0.4 is 15.4 Å². The minimum Gasteiger partial charge on any atom is -0.467 e. The number of hydrogen-bond acceptors (Lipinski definition) is 5. The van der Waals surface area contributed by atoms with Crippen molar-refractivity contribution in [2.75, 3.05) is 11.9 Å². The SMILES string of the molecule is Cc1cccnc1-n1nc(OCC(F)(F)F)cc1C(=O)Nc1c(C)cc(Cl)cc1C(=O)NC(C)C. The average Bonchev–Trinajstić information content (AvgIpc) is 3.17. The van der Waals surface area contributed by atoms with Crippen LogP contribution in [-0.4, -0.2) is 45.4 Å². The number of rotatable bonds is 7. The second kappa shape index (κ2) is 10.3. The zero-order valence-corrected chi connectivity index (χ0v) is 20.1. The molecule has 0 bridgehead atoms. The van der Waals surface area contributed by atoms with Crippen molar-refractivity contribution in [1.82, 2.24) is 20.1 Å². The second-order valence-corrected chi connectivity index (χ2v) is 8.49. The number of nitrogens with one attached hydrogen (secondary N) is 2. The van der Waals surface area contributed by atoms with Gasteiger partial charge in [-0.1, -0.05) is 17.7 Å². The molecule has 0 saturated carbocycles. The highest BCUT2D eigenvalue weighted by molar-refractivity contribution is 6.31. The van der Waals surface area contributed by atoms with E-state index in [1.165, 1.54) is 12.3 Å². The molecule has 0 aliphatic carbocycles. The first-order valence-corrected chi connectivity index (χ1v) is 10.9. The highest BCUT2D eigenvalue weighted by Crippen LogP contribution is 2.28. The van der Waals surface area contributed by atoms with Crippen LogP contribution in [0.15, 0.2) is 36.5 Å². The topological polar surface area (TPSA) is 98.1 Å². The van der Waals surface area contributed by atoms with Crippen LogP contribution in [0.5, 0.6) is 5.88 Å². The van der Waals surface area contributed by atoms with Crippen LogP contribution in [0.1, 0.15) is 45.8 Å². The van der Waals surface area contributed by atoms with Gasteiger partial charge in [0.15, 0.2) is 12.4 Å². The lowest BCUT2D eigenvalue weighted by molar-refractivity contribution is -0.154. The second-order valence-electron chi connectivity index (χ2n) is 8.05. The largest absolute Gasteiger partial charge is 0.467 e. The maximum Gasteiger partial charge on any atom is 0.422 e. The Bertz CT molecular complexity index is 1260. The molecule has 12 heteroatoms. The Morgan fingerprint density at radius 2 is 1.86 bits per heavy atom. The van der Waals surface area contributed by atoms with Gasteiger partial charge in [-0.15, -0.1) is 5.10 Å². The van der Waals surface area contributed by atoms with Crippen molar-refractivity contribution >= 4 is 29.1 Å². The number of aryl methyl sites for hydroxylation is 2. The van der Waals surface area contributed by atoms with E-state index >= 15 is 0 Å². The molecule has 3 rings (SSSR count). The summed E-state index contributed by atoms with van der Waals surface area (Å²) < 4.78 is 43.9. The molecule has 0 radical (unpaired) electrons. The molecule has 2 amide bonds. The molecule has 8 nitrogen and oxygen atoms in total. The molecule has 1 aromatic carbocycles. The molecular weight excluding hydrogens is 487 g/mol. The lowest BCUT2D eigenvalue weighted by Crippen LogP contribution is -2.31.